The number of rotatable bonds is 3. The Hall–Kier alpha value is 1.44. The summed E-state index contributed by atoms with van der Waals surface area (Å²) in [5.74, 6) is -0.977. The number of halogens is 4. The van der Waals surface area contributed by atoms with Gasteiger partial charge in [0.15, 0.2) is 0 Å². The minimum atomic E-state index is -3.41. The summed E-state index contributed by atoms with van der Waals surface area (Å²) in [6, 6.07) is 13.6. The van der Waals surface area contributed by atoms with Gasteiger partial charge in [-0.05, 0) is 0 Å². The molecule has 0 saturated carbocycles. The molecule has 2 unspecified atom stereocenters. The van der Waals surface area contributed by atoms with Crippen LogP contribution in [0, 0.1) is 0 Å². The van der Waals surface area contributed by atoms with Crippen molar-refractivity contribution in [1.82, 2.24) is 0 Å². The van der Waals surface area contributed by atoms with Gasteiger partial charge in [0.05, 0.1) is 0 Å². The zero-order valence-corrected chi connectivity index (χ0v) is 27.5. The van der Waals surface area contributed by atoms with Crippen molar-refractivity contribution in [2.45, 2.75) is 34.2 Å². The summed E-state index contributed by atoms with van der Waals surface area (Å²) in [5.41, 5.74) is 9.13. The van der Waals surface area contributed by atoms with Crippen molar-refractivity contribution in [3.63, 3.8) is 0 Å². The van der Waals surface area contributed by atoms with Crippen molar-refractivity contribution in [3.05, 3.63) is 78.7 Å². The number of hydrogen-bond donors (Lipinski definition) is 0. The molecule has 0 aliphatic heterocycles. The van der Waals surface area contributed by atoms with E-state index < -0.39 is 15.5 Å². The van der Waals surface area contributed by atoms with Crippen LogP contribution < -0.4 is 0 Å². The van der Waals surface area contributed by atoms with Gasteiger partial charge in [-0.2, -0.15) is 0 Å². The molecule has 0 aromatic heterocycles. The first kappa shape index (κ1) is 22.6. The van der Waals surface area contributed by atoms with Gasteiger partial charge in [-0.3, -0.25) is 0 Å². The molecule has 0 N–H and O–H groups in total. The van der Waals surface area contributed by atoms with Crippen LogP contribution in [0.3, 0.4) is 0 Å². The maximum absolute atomic E-state index is 3.82. The van der Waals surface area contributed by atoms with Gasteiger partial charge in [-0.25, -0.2) is 0 Å². The summed E-state index contributed by atoms with van der Waals surface area (Å²) < 4.78 is 3.70. The van der Waals surface area contributed by atoms with E-state index in [0.717, 1.165) is 0 Å². The second-order valence-corrected chi connectivity index (χ2v) is 91.9. The van der Waals surface area contributed by atoms with E-state index in [-0.39, 0.29) is 0 Å². The van der Waals surface area contributed by atoms with Gasteiger partial charge in [0.25, 0.3) is 0 Å². The molecule has 0 spiro atoms. The predicted octanol–water partition coefficient (Wildman–Crippen LogP) is 9.20. The van der Waals surface area contributed by atoms with E-state index in [1.165, 1.54) is 20.1 Å². The second-order valence-electron chi connectivity index (χ2n) is 8.51. The number of fused-ring (bicyclic) bond motifs is 2. The first-order valence-electron chi connectivity index (χ1n) is 9.57. The Kier molecular flexibility index (Phi) is 6.29. The van der Waals surface area contributed by atoms with Crippen LogP contribution in [0.2, 0.25) is 13.1 Å². The van der Waals surface area contributed by atoms with E-state index >= 15 is 0 Å². The van der Waals surface area contributed by atoms with Crippen molar-refractivity contribution < 1.29 is 9.56 Å². The predicted molar refractivity (Wildman–Crippen MR) is 148 cm³/mol. The Bertz CT molecular complexity index is 981. The molecule has 147 valence electrons. The minimum absolute atomic E-state index is 0.611. The zero-order valence-electron chi connectivity index (χ0n) is 16.4. The molecule has 2 aliphatic rings. The molecule has 6 heteroatoms. The van der Waals surface area contributed by atoms with Crippen LogP contribution >= 0.6 is 67.9 Å². The number of hydrogen-bond acceptors (Lipinski definition) is 0. The molecule has 0 radical (unpaired) electrons. The third-order valence-corrected chi connectivity index (χ3v) is 98.6. The molecule has 0 bridgehead atoms. The van der Waals surface area contributed by atoms with Crippen molar-refractivity contribution in [3.8, 4) is 0 Å². The summed E-state index contributed by atoms with van der Waals surface area (Å²) in [7, 11) is -3.41. The quantitative estimate of drug-likeness (QED) is 0.214. The molecule has 4 rings (SSSR count). The average Bonchev–Trinajstić information content (AvgIpc) is 3.14. The number of benzene rings is 2. The molecule has 28 heavy (non-hydrogen) atoms. The third-order valence-electron chi connectivity index (χ3n) is 6.66. The first-order valence-corrected chi connectivity index (χ1v) is 35.8. The van der Waals surface area contributed by atoms with Crippen molar-refractivity contribution in [1.29, 1.82) is 0 Å². The summed E-state index contributed by atoms with van der Waals surface area (Å²) >= 11 is 13.8. The molecule has 2 aromatic carbocycles. The van der Waals surface area contributed by atoms with Crippen molar-refractivity contribution >= 4 is 86.0 Å². The summed E-state index contributed by atoms with van der Waals surface area (Å²) in [6.45, 7) is 10.0. The van der Waals surface area contributed by atoms with Crippen LogP contribution in [0.15, 0.2) is 56.5 Å². The molecule has 2 aliphatic carbocycles. The maximum atomic E-state index is 3.82. The topological polar surface area (TPSA) is 0 Å². The van der Waals surface area contributed by atoms with E-state index in [2.05, 4.69) is 143 Å². The molecule has 0 amide bonds. The Balaban J connectivity index is 2.01. The molecule has 0 fully saturated rings. The van der Waals surface area contributed by atoms with E-state index in [0.29, 0.717) is 7.25 Å². The van der Waals surface area contributed by atoms with Crippen LogP contribution in [0.4, 0.5) is 0 Å². The van der Waals surface area contributed by atoms with E-state index in [1.54, 1.807) is 22.3 Å². The molecule has 2 atom stereocenters. The van der Waals surface area contributed by atoms with Gasteiger partial charge in [-0.15, -0.1) is 0 Å². The Labute approximate surface area is 205 Å². The van der Waals surface area contributed by atoms with Gasteiger partial charge in [0.2, 0.25) is 0 Å². The Morgan fingerprint density at radius 3 is 1.54 bits per heavy atom. The van der Waals surface area contributed by atoms with Gasteiger partial charge in [-0.1, -0.05) is 0 Å². The van der Waals surface area contributed by atoms with Gasteiger partial charge < -0.3 is 0 Å². The number of allylic oxidation sites excluding steroid dienone is 2. The van der Waals surface area contributed by atoms with E-state index in [4.69, 9.17) is 0 Å². The normalized spacial score (nSPS) is 22.4. The van der Waals surface area contributed by atoms with Crippen LogP contribution in [0.25, 0.3) is 12.2 Å². The first-order chi connectivity index (χ1) is 13.1. The van der Waals surface area contributed by atoms with Crippen LogP contribution in [-0.4, -0.2) is 5.92 Å². The van der Waals surface area contributed by atoms with Gasteiger partial charge in [0.1, 0.15) is 0 Å². The molecular formula is C22H23Br2I2SiZr. The third kappa shape index (κ3) is 3.20. The van der Waals surface area contributed by atoms with Gasteiger partial charge in [0, 0.05) is 0 Å². The summed E-state index contributed by atoms with van der Waals surface area (Å²) in [5, 5.41) is 0. The average molecular weight is 820 g/mol. The molecular weight excluding hydrogens is 797 g/mol. The van der Waals surface area contributed by atoms with Crippen molar-refractivity contribution in [2.24, 2.45) is 0 Å². The van der Waals surface area contributed by atoms with E-state index in [1.807, 2.05) is 0 Å². The van der Waals surface area contributed by atoms with E-state index in [9.17, 15) is 0 Å². The second kappa shape index (κ2) is 7.79. The van der Waals surface area contributed by atoms with Crippen LogP contribution in [0.1, 0.15) is 43.4 Å². The fourth-order valence-corrected chi connectivity index (χ4v) is 51.9. The fourth-order valence-electron chi connectivity index (χ4n) is 5.33. The Morgan fingerprint density at radius 1 is 0.786 bits per heavy atom. The van der Waals surface area contributed by atoms with Crippen LogP contribution in [-0.2, 0) is 9.56 Å². The Morgan fingerprint density at radius 2 is 1.18 bits per heavy atom. The summed E-state index contributed by atoms with van der Waals surface area (Å²) in [4.78, 5) is 0. The van der Waals surface area contributed by atoms with Crippen molar-refractivity contribution in [2.75, 3.05) is 0 Å². The SMILES string of the molecule is CC1=Cc2c(Br)cccc2[CH]1[Zr]([I])([I])([CH]1C(C)=Cc2c(Br)cccc21)[SiH](C)C. The zero-order chi connectivity index (χ0) is 20.5. The van der Waals surface area contributed by atoms with Gasteiger partial charge >= 0.3 is 209 Å². The van der Waals surface area contributed by atoms with Crippen LogP contribution in [0.5, 0.6) is 0 Å². The molecule has 0 nitrogen and oxygen atoms in total. The molecule has 0 heterocycles. The fraction of sp³-hybridized carbons (Fsp3) is 0.273. The summed E-state index contributed by atoms with van der Waals surface area (Å²) in [6.07, 6.45) is 4.92. The molecule has 2 aromatic rings. The monoisotopic (exact) mass is 817 g/mol. The standard InChI is InChI=1S/2C10H8Br.C2H7Si.2HI.Zr/c2*1-7-5-8-3-2-4-10(11)9(8)6-7;1-3-2;;;/h2*2-6H,1H3;3H,1-2H3;2*1H;/q;;;;;+2/p-2. The molecule has 0 saturated heterocycles.